The Morgan fingerprint density at radius 1 is 0.973 bits per heavy atom. The fourth-order valence-electron chi connectivity index (χ4n) is 5.89. The van der Waals surface area contributed by atoms with Crippen molar-refractivity contribution in [1.82, 2.24) is 5.32 Å². The molecule has 1 fully saturated rings. The molecule has 5 rings (SSSR count). The Labute approximate surface area is 222 Å². The minimum Gasteiger partial charge on any atom is -0.493 e. The van der Waals surface area contributed by atoms with Gasteiger partial charge in [0.2, 0.25) is 0 Å². The van der Waals surface area contributed by atoms with E-state index in [2.05, 4.69) is 5.32 Å². The molecule has 0 amide bonds. The summed E-state index contributed by atoms with van der Waals surface area (Å²) in [5.74, 6) is 0.379. The molecule has 1 aliphatic heterocycles. The maximum atomic E-state index is 13.8. The zero-order valence-electron chi connectivity index (χ0n) is 21.4. The minimum atomic E-state index is -0.525. The van der Waals surface area contributed by atoms with Gasteiger partial charge in [0.1, 0.15) is 6.10 Å². The van der Waals surface area contributed by atoms with Crippen LogP contribution in [0.15, 0.2) is 65.0 Å². The van der Waals surface area contributed by atoms with Gasteiger partial charge in [-0.25, -0.2) is 4.79 Å². The molecule has 2 aliphatic carbocycles. The van der Waals surface area contributed by atoms with Gasteiger partial charge in [-0.05, 0) is 80.3 Å². The Bertz CT molecular complexity index is 1290. The van der Waals surface area contributed by atoms with E-state index in [1.807, 2.05) is 43.3 Å². The highest BCUT2D eigenvalue weighted by Gasteiger charge is 2.42. The summed E-state index contributed by atoms with van der Waals surface area (Å²) in [6.07, 6.45) is 4.79. The lowest BCUT2D eigenvalue weighted by Crippen LogP contribution is -2.36. The summed E-state index contributed by atoms with van der Waals surface area (Å²) in [5.41, 5.74) is 4.50. The number of Topliss-reactive ketones (excluding diaryl/α,β-unsaturated/α-hetero) is 1. The van der Waals surface area contributed by atoms with Crippen LogP contribution in [0.1, 0.15) is 68.4 Å². The number of dihydropyridines is 1. The second-order valence-corrected chi connectivity index (χ2v) is 10.4. The van der Waals surface area contributed by atoms with E-state index in [0.29, 0.717) is 46.2 Å². The van der Waals surface area contributed by atoms with Gasteiger partial charge in [0.25, 0.3) is 0 Å². The van der Waals surface area contributed by atoms with Crippen LogP contribution in [0, 0.1) is 0 Å². The maximum absolute atomic E-state index is 13.8. The largest absolute Gasteiger partial charge is 0.493 e. The third-order valence-electron chi connectivity index (χ3n) is 7.68. The van der Waals surface area contributed by atoms with E-state index in [4.69, 9.17) is 25.8 Å². The summed E-state index contributed by atoms with van der Waals surface area (Å²) in [6.45, 7) is 1.89. The predicted molar refractivity (Wildman–Crippen MR) is 142 cm³/mol. The van der Waals surface area contributed by atoms with Crippen molar-refractivity contribution in [2.24, 2.45) is 0 Å². The molecule has 3 aliphatic rings. The van der Waals surface area contributed by atoms with E-state index in [1.165, 1.54) is 0 Å². The number of halogens is 1. The molecule has 0 unspecified atom stereocenters. The van der Waals surface area contributed by atoms with Crippen LogP contribution >= 0.6 is 11.6 Å². The first-order valence-corrected chi connectivity index (χ1v) is 13.2. The lowest BCUT2D eigenvalue weighted by molar-refractivity contribution is -0.144. The van der Waals surface area contributed by atoms with Crippen molar-refractivity contribution in [2.75, 3.05) is 14.2 Å². The van der Waals surface area contributed by atoms with Crippen LogP contribution in [0.5, 0.6) is 11.5 Å². The average molecular weight is 522 g/mol. The summed E-state index contributed by atoms with van der Waals surface area (Å²) in [6, 6.07) is 13.2. The average Bonchev–Trinajstić information content (AvgIpc) is 3.40. The predicted octanol–water partition coefficient (Wildman–Crippen LogP) is 6.20. The third kappa shape index (κ3) is 4.99. The zero-order chi connectivity index (χ0) is 26.1. The van der Waals surface area contributed by atoms with Crippen molar-refractivity contribution >= 4 is 23.4 Å². The molecule has 1 saturated carbocycles. The van der Waals surface area contributed by atoms with Crippen LogP contribution in [0.2, 0.25) is 5.02 Å². The topological polar surface area (TPSA) is 73.9 Å². The van der Waals surface area contributed by atoms with Gasteiger partial charge in [-0.2, -0.15) is 0 Å². The van der Waals surface area contributed by atoms with Crippen molar-refractivity contribution in [3.63, 3.8) is 0 Å². The highest BCUT2D eigenvalue weighted by molar-refractivity contribution is 6.30. The van der Waals surface area contributed by atoms with Crippen molar-refractivity contribution in [2.45, 2.75) is 63.4 Å². The second kappa shape index (κ2) is 10.6. The second-order valence-electron chi connectivity index (χ2n) is 10.00. The fraction of sp³-hybridized carbons (Fsp3) is 0.400. The lowest BCUT2D eigenvalue weighted by Gasteiger charge is -2.37. The van der Waals surface area contributed by atoms with Crippen LogP contribution in [0.3, 0.4) is 0 Å². The van der Waals surface area contributed by atoms with Gasteiger partial charge in [-0.1, -0.05) is 29.8 Å². The number of nitrogens with one attached hydrogen (secondary N) is 1. The van der Waals surface area contributed by atoms with Gasteiger partial charge in [-0.3, -0.25) is 4.79 Å². The van der Waals surface area contributed by atoms with Crippen LogP contribution in [0.4, 0.5) is 0 Å². The molecule has 0 bridgehead atoms. The molecule has 0 saturated heterocycles. The number of carbonyl (C=O) groups excluding carboxylic acids is 2. The van der Waals surface area contributed by atoms with E-state index in [0.717, 1.165) is 42.5 Å². The Morgan fingerprint density at radius 2 is 1.73 bits per heavy atom. The number of hydrogen-bond donors (Lipinski definition) is 1. The molecule has 2 aromatic carbocycles. The van der Waals surface area contributed by atoms with Crippen molar-refractivity contribution in [3.05, 3.63) is 81.2 Å². The SMILES string of the molecule is COc1ccc([C@@H]2CC(=O)C3=C(C2)NC(C)=C(C(=O)OC2CCCC2)[C@H]3c2cccc(Cl)c2)cc1OC. The van der Waals surface area contributed by atoms with E-state index in [-0.39, 0.29) is 23.8 Å². The number of hydrogen-bond acceptors (Lipinski definition) is 6. The summed E-state index contributed by atoms with van der Waals surface area (Å²) < 4.78 is 16.8. The van der Waals surface area contributed by atoms with Crippen molar-refractivity contribution < 1.29 is 23.8 Å². The molecule has 1 heterocycles. The van der Waals surface area contributed by atoms with Crippen molar-refractivity contribution in [3.8, 4) is 11.5 Å². The number of carbonyl (C=O) groups is 2. The maximum Gasteiger partial charge on any atom is 0.337 e. The Kier molecular flexibility index (Phi) is 7.29. The summed E-state index contributed by atoms with van der Waals surface area (Å²) in [5, 5.41) is 3.98. The van der Waals surface area contributed by atoms with Crippen LogP contribution in [0.25, 0.3) is 0 Å². The molecule has 37 heavy (non-hydrogen) atoms. The van der Waals surface area contributed by atoms with E-state index in [1.54, 1.807) is 20.3 Å². The Hall–Kier alpha value is -3.25. The van der Waals surface area contributed by atoms with Crippen LogP contribution in [-0.2, 0) is 14.3 Å². The summed E-state index contributed by atoms with van der Waals surface area (Å²) in [7, 11) is 3.21. The summed E-state index contributed by atoms with van der Waals surface area (Å²) >= 11 is 6.36. The molecule has 0 radical (unpaired) electrons. The number of esters is 1. The van der Waals surface area contributed by atoms with E-state index < -0.39 is 5.92 Å². The molecule has 6 nitrogen and oxygen atoms in total. The van der Waals surface area contributed by atoms with Gasteiger partial charge in [0.15, 0.2) is 17.3 Å². The van der Waals surface area contributed by atoms with Crippen LogP contribution < -0.4 is 14.8 Å². The number of benzene rings is 2. The molecule has 0 spiro atoms. The van der Waals surface area contributed by atoms with Gasteiger partial charge >= 0.3 is 5.97 Å². The molecular formula is C30H32ClNO5. The first kappa shape index (κ1) is 25.4. The third-order valence-corrected chi connectivity index (χ3v) is 7.92. The highest BCUT2D eigenvalue weighted by Crippen LogP contribution is 2.47. The molecule has 2 aromatic rings. The highest BCUT2D eigenvalue weighted by atomic mass is 35.5. The van der Waals surface area contributed by atoms with Gasteiger partial charge in [-0.15, -0.1) is 0 Å². The van der Waals surface area contributed by atoms with Gasteiger partial charge in [0.05, 0.1) is 19.8 Å². The first-order valence-electron chi connectivity index (χ1n) is 12.8. The smallest absolute Gasteiger partial charge is 0.337 e. The van der Waals surface area contributed by atoms with Crippen molar-refractivity contribution in [1.29, 1.82) is 0 Å². The number of ketones is 1. The zero-order valence-corrected chi connectivity index (χ0v) is 22.2. The normalized spacial score (nSPS) is 22.0. The van der Waals surface area contributed by atoms with Gasteiger partial charge in [0, 0.05) is 34.3 Å². The Morgan fingerprint density at radius 3 is 2.43 bits per heavy atom. The lowest BCUT2D eigenvalue weighted by atomic mass is 9.71. The number of rotatable bonds is 6. The quantitative estimate of drug-likeness (QED) is 0.456. The monoisotopic (exact) mass is 521 g/mol. The van der Waals surface area contributed by atoms with Gasteiger partial charge < -0.3 is 19.5 Å². The molecule has 2 atom stereocenters. The summed E-state index contributed by atoms with van der Waals surface area (Å²) in [4.78, 5) is 27.3. The minimum absolute atomic E-state index is 0.0113. The molecule has 0 aromatic heterocycles. The van der Waals surface area contributed by atoms with E-state index >= 15 is 0 Å². The molecule has 7 heteroatoms. The number of allylic oxidation sites excluding steroid dienone is 3. The van der Waals surface area contributed by atoms with E-state index in [9.17, 15) is 9.59 Å². The van der Waals surface area contributed by atoms with Crippen LogP contribution in [-0.4, -0.2) is 32.1 Å². The fourth-order valence-corrected chi connectivity index (χ4v) is 6.09. The first-order chi connectivity index (χ1) is 17.9. The number of methoxy groups -OCH3 is 2. The molecule has 1 N–H and O–H groups in total. The molecule has 194 valence electrons. The Balaban J connectivity index is 1.53. The molecular weight excluding hydrogens is 490 g/mol. The number of ether oxygens (including phenoxy) is 3. The standard InChI is InChI=1S/C30H32ClNO5/c1-17-27(30(34)37-22-9-4-5-10-22)28(19-7-6-8-21(31)13-19)29-23(32-17)14-20(15-24(29)33)18-11-12-25(35-2)26(16-18)36-3/h6-8,11-13,16,20,22,28,32H,4-5,9-10,14-15H2,1-3H3/t20-,28+/m0/s1.